The summed E-state index contributed by atoms with van der Waals surface area (Å²) in [6, 6.07) is 8.54. The van der Waals surface area contributed by atoms with Crippen molar-refractivity contribution in [2.75, 3.05) is 26.3 Å². The van der Waals surface area contributed by atoms with E-state index in [4.69, 9.17) is 24.4 Å². The maximum atomic E-state index is 9.33. The van der Waals surface area contributed by atoms with Crippen molar-refractivity contribution < 1.29 is 10.2 Å². The van der Waals surface area contributed by atoms with Crippen LogP contribution in [0.3, 0.4) is 0 Å². The van der Waals surface area contributed by atoms with Crippen LogP contribution in [0.4, 0.5) is 0 Å². The number of thioether (sulfide) groups is 2. The smallest absolute Gasteiger partial charge is 0.137 e. The second-order valence-electron chi connectivity index (χ2n) is 9.02. The number of nitrogens with zero attached hydrogens (tertiary/aromatic N) is 2. The largest absolute Gasteiger partial charge is 0.395 e. The lowest BCUT2D eigenvalue weighted by molar-refractivity contribution is 0.186. The van der Waals surface area contributed by atoms with E-state index in [1.807, 2.05) is 0 Å². The van der Waals surface area contributed by atoms with Gasteiger partial charge in [0.05, 0.1) is 13.2 Å². The fourth-order valence-electron chi connectivity index (χ4n) is 2.78. The SMILES string of the molecule is CC(C)(C)N(CCO)C(=S)SCc1ccc(CSC(=S)N(CCO)C(C)(C)C)cc1. The molecule has 0 aliphatic heterocycles. The highest BCUT2D eigenvalue weighted by molar-refractivity contribution is 8.22. The Balaban J connectivity index is 2.61. The van der Waals surface area contributed by atoms with E-state index in [-0.39, 0.29) is 24.3 Å². The highest BCUT2D eigenvalue weighted by Crippen LogP contribution is 2.25. The molecule has 0 bridgehead atoms. The van der Waals surface area contributed by atoms with Crippen molar-refractivity contribution in [2.45, 2.75) is 64.1 Å². The molecule has 0 atom stereocenters. The van der Waals surface area contributed by atoms with Crippen molar-refractivity contribution in [1.82, 2.24) is 9.80 Å². The molecule has 0 aromatic heterocycles. The van der Waals surface area contributed by atoms with Crippen LogP contribution in [0.2, 0.25) is 0 Å². The van der Waals surface area contributed by atoms with Crippen LogP contribution < -0.4 is 0 Å². The summed E-state index contributed by atoms with van der Waals surface area (Å²) >= 11 is 14.5. The van der Waals surface area contributed by atoms with Gasteiger partial charge in [-0.2, -0.15) is 0 Å². The lowest BCUT2D eigenvalue weighted by Crippen LogP contribution is -2.45. The van der Waals surface area contributed by atoms with Gasteiger partial charge in [0.25, 0.3) is 0 Å². The first-order valence-electron chi connectivity index (χ1n) is 10.1. The fourth-order valence-corrected chi connectivity index (χ4v) is 5.87. The van der Waals surface area contributed by atoms with E-state index in [1.54, 1.807) is 23.5 Å². The van der Waals surface area contributed by atoms with Gasteiger partial charge in [-0.25, -0.2) is 0 Å². The summed E-state index contributed by atoms with van der Waals surface area (Å²) in [5.74, 6) is 1.61. The van der Waals surface area contributed by atoms with Gasteiger partial charge in [-0.05, 0) is 52.7 Å². The molecule has 1 rings (SSSR count). The predicted molar refractivity (Wildman–Crippen MR) is 141 cm³/mol. The van der Waals surface area contributed by atoms with Crippen molar-refractivity contribution in [3.05, 3.63) is 35.4 Å². The van der Waals surface area contributed by atoms with Crippen LogP contribution in [-0.4, -0.2) is 66.0 Å². The summed E-state index contributed by atoms with van der Waals surface area (Å²) in [6.07, 6.45) is 0. The Kier molecular flexibility index (Phi) is 11.6. The summed E-state index contributed by atoms with van der Waals surface area (Å²) in [5, 5.41) is 18.7. The topological polar surface area (TPSA) is 46.9 Å². The number of benzene rings is 1. The summed E-state index contributed by atoms with van der Waals surface area (Å²) < 4.78 is 1.63. The van der Waals surface area contributed by atoms with E-state index in [0.29, 0.717) is 13.1 Å². The zero-order valence-electron chi connectivity index (χ0n) is 19.0. The Morgan fingerprint density at radius 3 is 1.27 bits per heavy atom. The van der Waals surface area contributed by atoms with E-state index in [9.17, 15) is 10.2 Å². The molecule has 0 radical (unpaired) electrons. The average molecular weight is 489 g/mol. The van der Waals surface area contributed by atoms with Gasteiger partial charge >= 0.3 is 0 Å². The van der Waals surface area contributed by atoms with Crippen LogP contribution in [0.1, 0.15) is 52.7 Å². The summed E-state index contributed by atoms with van der Waals surface area (Å²) in [6.45, 7) is 13.9. The Hall–Kier alpha value is -0.380. The molecule has 0 fully saturated rings. The van der Waals surface area contributed by atoms with Gasteiger partial charge in [-0.3, -0.25) is 0 Å². The number of hydrogen-bond donors (Lipinski definition) is 2. The predicted octanol–water partition coefficient (Wildman–Crippen LogP) is 4.91. The van der Waals surface area contributed by atoms with Gasteiger partial charge in [0.1, 0.15) is 8.64 Å². The molecule has 4 nitrogen and oxygen atoms in total. The molecule has 2 N–H and O–H groups in total. The van der Waals surface area contributed by atoms with Crippen molar-refractivity contribution in [2.24, 2.45) is 0 Å². The van der Waals surface area contributed by atoms with E-state index < -0.39 is 0 Å². The molecule has 0 heterocycles. The Morgan fingerprint density at radius 1 is 0.733 bits per heavy atom. The average Bonchev–Trinajstić information content (AvgIpc) is 2.65. The molecule has 0 aliphatic carbocycles. The molecule has 0 saturated heterocycles. The maximum absolute atomic E-state index is 9.33. The summed E-state index contributed by atoms with van der Waals surface area (Å²) in [4.78, 5) is 4.15. The lowest BCUT2D eigenvalue weighted by Gasteiger charge is -2.37. The van der Waals surface area contributed by atoms with Gasteiger partial charge in [-0.15, -0.1) is 0 Å². The molecular weight excluding hydrogens is 453 g/mol. The first-order chi connectivity index (χ1) is 13.9. The van der Waals surface area contributed by atoms with E-state index >= 15 is 0 Å². The van der Waals surface area contributed by atoms with Crippen molar-refractivity contribution in [1.29, 1.82) is 0 Å². The van der Waals surface area contributed by atoms with E-state index in [2.05, 4.69) is 75.6 Å². The van der Waals surface area contributed by atoms with Gasteiger partial charge in [0.2, 0.25) is 0 Å². The zero-order chi connectivity index (χ0) is 22.9. The maximum Gasteiger partial charge on any atom is 0.137 e. The molecule has 0 saturated carbocycles. The molecule has 1 aromatic carbocycles. The van der Waals surface area contributed by atoms with Crippen LogP contribution in [0.5, 0.6) is 0 Å². The van der Waals surface area contributed by atoms with Gasteiger partial charge in [0.15, 0.2) is 0 Å². The van der Waals surface area contributed by atoms with Crippen molar-refractivity contribution >= 4 is 56.6 Å². The van der Waals surface area contributed by atoms with Gasteiger partial charge in [0, 0.05) is 35.7 Å². The number of thiocarbonyl (C=S) groups is 2. The van der Waals surface area contributed by atoms with Gasteiger partial charge < -0.3 is 20.0 Å². The van der Waals surface area contributed by atoms with E-state index in [0.717, 1.165) is 20.1 Å². The third-order valence-corrected chi connectivity index (χ3v) is 7.49. The minimum absolute atomic E-state index is 0.0944. The molecule has 170 valence electrons. The minimum atomic E-state index is -0.108. The Morgan fingerprint density at radius 2 is 1.03 bits per heavy atom. The van der Waals surface area contributed by atoms with Crippen LogP contribution in [-0.2, 0) is 11.5 Å². The third kappa shape index (κ3) is 9.40. The summed E-state index contributed by atoms with van der Waals surface area (Å²) in [7, 11) is 0. The Bertz CT molecular complexity index is 623. The normalized spacial score (nSPS) is 12.0. The third-order valence-electron chi connectivity index (χ3n) is 4.46. The highest BCUT2D eigenvalue weighted by Gasteiger charge is 2.24. The van der Waals surface area contributed by atoms with Gasteiger partial charge in [-0.1, -0.05) is 72.2 Å². The second-order valence-corrected chi connectivity index (χ2v) is 12.2. The monoisotopic (exact) mass is 488 g/mol. The summed E-state index contributed by atoms with van der Waals surface area (Å²) in [5.41, 5.74) is 2.22. The van der Waals surface area contributed by atoms with Crippen molar-refractivity contribution in [3.8, 4) is 0 Å². The van der Waals surface area contributed by atoms with Crippen LogP contribution in [0, 0.1) is 0 Å². The molecule has 0 amide bonds. The number of aliphatic hydroxyl groups is 2. The van der Waals surface area contributed by atoms with Crippen LogP contribution >= 0.6 is 48.0 Å². The standard InChI is InChI=1S/C22H36N2O2S4/c1-21(2,3)23(11-13-25)19(27)29-15-17-7-9-18(10-8-17)16-30-20(28)24(12-14-26)22(4,5)6/h7-10,25-26H,11-16H2,1-6H3. The van der Waals surface area contributed by atoms with Crippen LogP contribution in [0.15, 0.2) is 24.3 Å². The minimum Gasteiger partial charge on any atom is -0.395 e. The molecule has 0 spiro atoms. The second kappa shape index (κ2) is 12.6. The first-order valence-corrected chi connectivity index (χ1v) is 12.9. The molecule has 1 aromatic rings. The number of aliphatic hydroxyl groups excluding tert-OH is 2. The zero-order valence-corrected chi connectivity index (χ0v) is 22.2. The molecule has 0 aliphatic rings. The quantitative estimate of drug-likeness (QED) is 0.501. The fraction of sp³-hybridized carbons (Fsp3) is 0.636. The first kappa shape index (κ1) is 27.7. The number of rotatable bonds is 8. The number of hydrogen-bond acceptors (Lipinski definition) is 6. The van der Waals surface area contributed by atoms with E-state index in [1.165, 1.54) is 11.1 Å². The molecular formula is C22H36N2O2S4. The highest BCUT2D eigenvalue weighted by atomic mass is 32.2. The van der Waals surface area contributed by atoms with Crippen molar-refractivity contribution in [3.63, 3.8) is 0 Å². The molecule has 30 heavy (non-hydrogen) atoms. The Labute approximate surface area is 201 Å². The lowest BCUT2D eigenvalue weighted by atomic mass is 10.1. The molecule has 0 unspecified atom stereocenters. The molecule has 8 heteroatoms. The number of β-amino-alcohol motifs (C(OH)–C–C–N with tert-alkyl or cyclic N) is 2. The van der Waals surface area contributed by atoms with Crippen LogP contribution in [0.25, 0.3) is 0 Å².